The fourth-order valence-electron chi connectivity index (χ4n) is 3.82. The molecule has 0 bridgehead atoms. The third-order valence-electron chi connectivity index (χ3n) is 5.32. The number of hydrogen-bond acceptors (Lipinski definition) is 5. The van der Waals surface area contributed by atoms with Gasteiger partial charge < -0.3 is 4.74 Å². The largest absolute Gasteiger partial charge is 0.494 e. The Bertz CT molecular complexity index is 1560. The number of aromatic nitrogens is 6. The highest BCUT2D eigenvalue weighted by Gasteiger charge is 2.23. The van der Waals surface area contributed by atoms with Crippen molar-refractivity contribution < 1.29 is 4.74 Å². The molecule has 5 rings (SSSR count). The van der Waals surface area contributed by atoms with Crippen molar-refractivity contribution >= 4 is 32.9 Å². The van der Waals surface area contributed by atoms with Gasteiger partial charge in [-0.1, -0.05) is 28.1 Å². The van der Waals surface area contributed by atoms with E-state index < -0.39 is 11.2 Å². The van der Waals surface area contributed by atoms with Crippen molar-refractivity contribution in [3.8, 4) is 17.1 Å². The van der Waals surface area contributed by atoms with Gasteiger partial charge in [-0.25, -0.2) is 9.20 Å². The van der Waals surface area contributed by atoms with E-state index in [2.05, 4.69) is 31.1 Å². The summed E-state index contributed by atoms with van der Waals surface area (Å²) in [6.45, 7) is 2.89. The topological polar surface area (TPSA) is 99.2 Å². The van der Waals surface area contributed by atoms with E-state index >= 15 is 0 Å². The average Bonchev–Trinajstić information content (AvgIpc) is 3.34. The van der Waals surface area contributed by atoms with Crippen LogP contribution in [0, 0.1) is 0 Å². The highest BCUT2D eigenvalue weighted by atomic mass is 79.9. The molecule has 2 aromatic carbocycles. The van der Waals surface area contributed by atoms with Crippen LogP contribution < -0.4 is 16.0 Å². The molecule has 9 nitrogen and oxygen atoms in total. The number of aromatic amines is 1. The molecule has 1 N–H and O–H groups in total. The number of benzene rings is 2. The Morgan fingerprint density at radius 3 is 2.44 bits per heavy atom. The number of nitrogens with zero attached hydrogens (tertiary/aromatic N) is 5. The molecule has 0 atom stereocenters. The van der Waals surface area contributed by atoms with E-state index in [9.17, 15) is 9.59 Å². The van der Waals surface area contributed by atoms with E-state index in [0.29, 0.717) is 35.9 Å². The van der Waals surface area contributed by atoms with Gasteiger partial charge in [0.15, 0.2) is 17.0 Å². The normalized spacial score (nSPS) is 11.5. The maximum absolute atomic E-state index is 12.9. The summed E-state index contributed by atoms with van der Waals surface area (Å²) in [6.07, 6.45) is 0. The first-order valence-electron chi connectivity index (χ1n) is 10.0. The van der Waals surface area contributed by atoms with Gasteiger partial charge >= 0.3 is 5.69 Å². The lowest BCUT2D eigenvalue weighted by Gasteiger charge is -2.06. The highest BCUT2D eigenvalue weighted by Crippen LogP contribution is 2.26. The molecule has 0 aliphatic rings. The lowest BCUT2D eigenvalue weighted by molar-refractivity contribution is 0.340. The van der Waals surface area contributed by atoms with Crippen molar-refractivity contribution in [1.82, 2.24) is 28.7 Å². The van der Waals surface area contributed by atoms with Gasteiger partial charge in [0.05, 0.1) is 13.2 Å². The van der Waals surface area contributed by atoms with Crippen LogP contribution >= 0.6 is 15.9 Å². The van der Waals surface area contributed by atoms with Crippen LogP contribution in [0.4, 0.5) is 0 Å². The molecule has 0 fully saturated rings. The standard InChI is InChI=1S/C22H19BrN6O3/c1-3-32-16-10-6-14(7-11-16)18-25-26-21-28(12-13-4-8-15(23)9-5-13)17-19(30)24-22(31)27(2)20(17)29(18)21/h4-11H,3,12H2,1-2H3,(H,24,30,31). The van der Waals surface area contributed by atoms with Crippen LogP contribution in [0.1, 0.15) is 12.5 Å². The molecular weight excluding hydrogens is 476 g/mol. The molecule has 3 heterocycles. The molecule has 0 aliphatic carbocycles. The molecule has 5 aromatic rings. The molecule has 0 unspecified atom stereocenters. The average molecular weight is 495 g/mol. The Morgan fingerprint density at radius 2 is 1.75 bits per heavy atom. The van der Waals surface area contributed by atoms with Gasteiger partial charge in [0, 0.05) is 17.1 Å². The van der Waals surface area contributed by atoms with Gasteiger partial charge in [-0.15, -0.1) is 10.2 Å². The minimum absolute atomic E-state index is 0.354. The number of ether oxygens (including phenoxy) is 1. The van der Waals surface area contributed by atoms with Crippen LogP contribution in [0.25, 0.3) is 28.3 Å². The molecule has 32 heavy (non-hydrogen) atoms. The zero-order valence-electron chi connectivity index (χ0n) is 17.4. The molecule has 0 saturated heterocycles. The molecular formula is C22H19BrN6O3. The number of rotatable bonds is 5. The van der Waals surface area contributed by atoms with Crippen molar-refractivity contribution in [3.05, 3.63) is 79.4 Å². The van der Waals surface area contributed by atoms with Gasteiger partial charge in [-0.05, 0) is 48.9 Å². The second-order valence-electron chi connectivity index (χ2n) is 7.32. The summed E-state index contributed by atoms with van der Waals surface area (Å²) in [5.74, 6) is 1.75. The second-order valence-corrected chi connectivity index (χ2v) is 8.24. The third kappa shape index (κ3) is 3.23. The summed E-state index contributed by atoms with van der Waals surface area (Å²) in [6, 6.07) is 15.3. The molecule has 162 valence electrons. The fraction of sp³-hybridized carbons (Fsp3) is 0.182. The van der Waals surface area contributed by atoms with Crippen LogP contribution in [0.3, 0.4) is 0 Å². The number of imidazole rings is 1. The van der Waals surface area contributed by atoms with E-state index in [4.69, 9.17) is 4.74 Å². The van der Waals surface area contributed by atoms with Gasteiger partial charge in [0.25, 0.3) is 5.56 Å². The van der Waals surface area contributed by atoms with Crippen LogP contribution in [0.2, 0.25) is 0 Å². The number of H-pyrrole nitrogens is 1. The lowest BCUT2D eigenvalue weighted by Crippen LogP contribution is -2.29. The maximum Gasteiger partial charge on any atom is 0.329 e. The first kappa shape index (κ1) is 20.3. The molecule has 10 heteroatoms. The van der Waals surface area contributed by atoms with Gasteiger partial charge in [-0.3, -0.25) is 18.9 Å². The second kappa shape index (κ2) is 7.79. The summed E-state index contributed by atoms with van der Waals surface area (Å²) < 4.78 is 11.4. The Hall–Kier alpha value is -3.66. The minimum atomic E-state index is -0.503. The molecule has 0 radical (unpaired) electrons. The quantitative estimate of drug-likeness (QED) is 0.404. The Morgan fingerprint density at radius 1 is 1.03 bits per heavy atom. The Labute approximate surface area is 190 Å². The molecule has 0 aliphatic heterocycles. The van der Waals surface area contributed by atoms with E-state index in [1.54, 1.807) is 16.0 Å². The first-order chi connectivity index (χ1) is 15.5. The molecule has 0 spiro atoms. The number of fused-ring (bicyclic) bond motifs is 3. The number of hydrogen-bond donors (Lipinski definition) is 1. The van der Waals surface area contributed by atoms with Crippen molar-refractivity contribution in [1.29, 1.82) is 0 Å². The number of nitrogens with one attached hydrogen (secondary N) is 1. The fourth-order valence-corrected chi connectivity index (χ4v) is 4.08. The van der Waals surface area contributed by atoms with Crippen LogP contribution in [0.5, 0.6) is 5.75 Å². The van der Waals surface area contributed by atoms with Gasteiger partial charge in [0.2, 0.25) is 5.78 Å². The highest BCUT2D eigenvalue weighted by molar-refractivity contribution is 9.10. The Balaban J connectivity index is 1.79. The molecule has 0 saturated carbocycles. The smallest absolute Gasteiger partial charge is 0.329 e. The number of halogens is 1. The maximum atomic E-state index is 12.9. The summed E-state index contributed by atoms with van der Waals surface area (Å²) in [5.41, 5.74) is 1.58. The zero-order chi connectivity index (χ0) is 22.4. The predicted octanol–water partition coefficient (Wildman–Crippen LogP) is 2.95. The van der Waals surface area contributed by atoms with Crippen molar-refractivity contribution in [2.75, 3.05) is 6.61 Å². The molecule has 3 aromatic heterocycles. The number of aryl methyl sites for hydroxylation is 1. The van der Waals surface area contributed by atoms with E-state index in [0.717, 1.165) is 21.3 Å². The van der Waals surface area contributed by atoms with Crippen molar-refractivity contribution in [2.45, 2.75) is 13.5 Å². The van der Waals surface area contributed by atoms with E-state index in [-0.39, 0.29) is 0 Å². The molecule has 0 amide bonds. The summed E-state index contributed by atoms with van der Waals surface area (Å²) >= 11 is 3.44. The predicted molar refractivity (Wildman–Crippen MR) is 124 cm³/mol. The summed E-state index contributed by atoms with van der Waals surface area (Å²) in [5, 5.41) is 8.77. The SMILES string of the molecule is CCOc1ccc(-c2nnc3n(Cc4ccc(Br)cc4)c4c(=O)[nH]c(=O)n(C)c4n23)cc1. The monoisotopic (exact) mass is 494 g/mol. The van der Waals surface area contributed by atoms with Crippen LogP contribution in [-0.4, -0.2) is 35.3 Å². The van der Waals surface area contributed by atoms with E-state index in [1.807, 2.05) is 55.5 Å². The van der Waals surface area contributed by atoms with Crippen molar-refractivity contribution in [3.63, 3.8) is 0 Å². The summed E-state index contributed by atoms with van der Waals surface area (Å²) in [7, 11) is 1.62. The van der Waals surface area contributed by atoms with E-state index in [1.165, 1.54) is 4.57 Å². The first-order valence-corrected chi connectivity index (χ1v) is 10.8. The zero-order valence-corrected chi connectivity index (χ0v) is 19.0. The minimum Gasteiger partial charge on any atom is -0.494 e. The van der Waals surface area contributed by atoms with Gasteiger partial charge in [0.1, 0.15) is 5.75 Å². The van der Waals surface area contributed by atoms with Crippen LogP contribution in [0.15, 0.2) is 62.6 Å². The van der Waals surface area contributed by atoms with Gasteiger partial charge in [-0.2, -0.15) is 0 Å². The Kier molecular flexibility index (Phi) is 4.93. The lowest BCUT2D eigenvalue weighted by atomic mass is 10.2. The third-order valence-corrected chi connectivity index (χ3v) is 5.84. The van der Waals surface area contributed by atoms with Crippen LogP contribution in [-0.2, 0) is 13.6 Å². The van der Waals surface area contributed by atoms with Crippen molar-refractivity contribution in [2.24, 2.45) is 7.05 Å². The summed E-state index contributed by atoms with van der Waals surface area (Å²) in [4.78, 5) is 27.7.